The predicted octanol–water partition coefficient (Wildman–Crippen LogP) is 2.66. The summed E-state index contributed by atoms with van der Waals surface area (Å²) in [5.74, 6) is 1.10. The maximum absolute atomic E-state index is 12.8. The molecule has 0 aliphatic rings. The van der Waals surface area contributed by atoms with E-state index in [1.807, 2.05) is 69.3 Å². The lowest BCUT2D eigenvalue weighted by atomic mass is 10.2. The Bertz CT molecular complexity index is 1260. The normalized spacial score (nSPS) is 11.1. The van der Waals surface area contributed by atoms with Crippen LogP contribution in [0.5, 0.6) is 0 Å². The van der Waals surface area contributed by atoms with Crippen molar-refractivity contribution in [3.05, 3.63) is 70.7 Å². The minimum Gasteiger partial charge on any atom is -0.323 e. The molecule has 8 heteroatoms. The number of benzene rings is 2. The molecular formula is C21H22N6O2. The first-order valence-corrected chi connectivity index (χ1v) is 9.47. The summed E-state index contributed by atoms with van der Waals surface area (Å²) in [6.45, 7) is 6.06. The molecule has 0 saturated carbocycles. The number of hydrogen-bond donors (Lipinski definition) is 1. The number of carbonyl (C=O) groups excluding carboxylic acids is 1. The predicted molar refractivity (Wildman–Crippen MR) is 111 cm³/mol. The number of carbonyl (C=O) groups is 1. The van der Waals surface area contributed by atoms with Crippen molar-refractivity contribution in [3.63, 3.8) is 0 Å². The number of fused-ring (bicyclic) bond motifs is 1. The molecule has 0 unspecified atom stereocenters. The van der Waals surface area contributed by atoms with Gasteiger partial charge < -0.3 is 5.32 Å². The third kappa shape index (κ3) is 3.33. The Morgan fingerprint density at radius 3 is 2.31 bits per heavy atom. The highest BCUT2D eigenvalue weighted by atomic mass is 16.2. The fourth-order valence-corrected chi connectivity index (χ4v) is 3.58. The van der Waals surface area contributed by atoms with Gasteiger partial charge in [-0.25, -0.2) is 14.5 Å². The molecule has 8 nitrogen and oxygen atoms in total. The van der Waals surface area contributed by atoms with Crippen LogP contribution in [0.2, 0.25) is 0 Å². The molecule has 0 aliphatic carbocycles. The smallest absolute Gasteiger partial charge is 0.323 e. The topological polar surface area (TPSA) is 86.7 Å². The van der Waals surface area contributed by atoms with Gasteiger partial charge in [-0.15, -0.1) is 0 Å². The number of anilines is 1. The first-order valence-electron chi connectivity index (χ1n) is 9.47. The highest BCUT2D eigenvalue weighted by Gasteiger charge is 2.16. The number of hydrogen-bond acceptors (Lipinski definition) is 4. The molecule has 2 aromatic carbocycles. The van der Waals surface area contributed by atoms with Gasteiger partial charge in [-0.1, -0.05) is 24.3 Å². The maximum atomic E-state index is 12.8. The molecule has 4 aromatic rings. The lowest BCUT2D eigenvalue weighted by Gasteiger charge is -2.12. The van der Waals surface area contributed by atoms with E-state index in [4.69, 9.17) is 0 Å². The van der Waals surface area contributed by atoms with Crippen molar-refractivity contribution < 1.29 is 4.79 Å². The van der Waals surface area contributed by atoms with Crippen LogP contribution in [0.15, 0.2) is 53.3 Å². The molecule has 0 bridgehead atoms. The van der Waals surface area contributed by atoms with E-state index in [1.165, 1.54) is 4.57 Å². The van der Waals surface area contributed by atoms with Gasteiger partial charge >= 0.3 is 5.69 Å². The van der Waals surface area contributed by atoms with Crippen molar-refractivity contribution in [1.29, 1.82) is 0 Å². The Morgan fingerprint density at radius 2 is 1.66 bits per heavy atom. The minimum absolute atomic E-state index is 0.0734. The summed E-state index contributed by atoms with van der Waals surface area (Å²) in [6, 6.07) is 14.9. The molecule has 0 radical (unpaired) electrons. The van der Waals surface area contributed by atoms with Crippen LogP contribution in [0, 0.1) is 13.8 Å². The number of rotatable bonds is 5. The lowest BCUT2D eigenvalue weighted by Crippen LogP contribution is -2.29. The Balaban J connectivity index is 1.66. The summed E-state index contributed by atoms with van der Waals surface area (Å²) in [6.07, 6.45) is 0. The standard InChI is InChI=1S/C21H22N6O2/c1-4-25-18-11-7-8-12-19(18)26(21(25)29)13-20(28)23-16-9-5-6-10-17(16)27-15(3)22-14(2)24-27/h5-12H,4,13H2,1-3H3,(H,23,28). The van der Waals surface area contributed by atoms with Crippen molar-refractivity contribution in [1.82, 2.24) is 23.9 Å². The second-order valence-corrected chi connectivity index (χ2v) is 6.79. The molecule has 0 saturated heterocycles. The Morgan fingerprint density at radius 1 is 1.00 bits per heavy atom. The van der Waals surface area contributed by atoms with E-state index in [-0.39, 0.29) is 18.1 Å². The molecule has 1 N–H and O–H groups in total. The van der Waals surface area contributed by atoms with Crippen LogP contribution in [0.1, 0.15) is 18.6 Å². The van der Waals surface area contributed by atoms with Crippen molar-refractivity contribution in [3.8, 4) is 5.69 Å². The molecule has 0 aliphatic heterocycles. The Hall–Kier alpha value is -3.68. The minimum atomic E-state index is -0.284. The van der Waals surface area contributed by atoms with Gasteiger partial charge in [-0.05, 0) is 45.0 Å². The fourth-order valence-electron chi connectivity index (χ4n) is 3.58. The number of nitrogens with zero attached hydrogens (tertiary/aromatic N) is 5. The van der Waals surface area contributed by atoms with Crippen LogP contribution < -0.4 is 11.0 Å². The largest absolute Gasteiger partial charge is 0.329 e. The molecular weight excluding hydrogens is 368 g/mol. The van der Waals surface area contributed by atoms with E-state index < -0.39 is 0 Å². The SMILES string of the molecule is CCn1c(=O)n(CC(=O)Nc2ccccc2-n2nc(C)nc2C)c2ccccc21. The number of amides is 1. The molecule has 29 heavy (non-hydrogen) atoms. The van der Waals surface area contributed by atoms with Gasteiger partial charge in [-0.2, -0.15) is 5.10 Å². The Kier molecular flexibility index (Phi) is 4.75. The van der Waals surface area contributed by atoms with Crippen molar-refractivity contribution in [2.45, 2.75) is 33.9 Å². The summed E-state index contributed by atoms with van der Waals surface area (Å²) < 4.78 is 4.86. The van der Waals surface area contributed by atoms with Crippen LogP contribution in [0.3, 0.4) is 0 Å². The Labute approximate surface area is 167 Å². The van der Waals surface area contributed by atoms with Gasteiger partial charge in [-0.3, -0.25) is 13.9 Å². The quantitative estimate of drug-likeness (QED) is 0.568. The summed E-state index contributed by atoms with van der Waals surface area (Å²) in [5.41, 5.74) is 2.70. The number of aromatic nitrogens is 5. The third-order valence-electron chi connectivity index (χ3n) is 4.82. The van der Waals surface area contributed by atoms with Gasteiger partial charge in [0, 0.05) is 6.54 Å². The zero-order valence-corrected chi connectivity index (χ0v) is 16.6. The van der Waals surface area contributed by atoms with Crippen molar-refractivity contribution in [2.75, 3.05) is 5.32 Å². The fraction of sp³-hybridized carbons (Fsp3) is 0.238. The monoisotopic (exact) mass is 390 g/mol. The van der Waals surface area contributed by atoms with E-state index in [2.05, 4.69) is 15.4 Å². The molecule has 0 atom stereocenters. The van der Waals surface area contributed by atoms with Crippen LogP contribution in [0.4, 0.5) is 5.69 Å². The summed E-state index contributed by atoms with van der Waals surface area (Å²) in [4.78, 5) is 29.9. The van der Waals surface area contributed by atoms with Gasteiger partial charge in [0.25, 0.3) is 0 Å². The van der Waals surface area contributed by atoms with Crippen molar-refractivity contribution >= 4 is 22.6 Å². The molecule has 2 aromatic heterocycles. The summed E-state index contributed by atoms with van der Waals surface area (Å²) in [5, 5.41) is 7.31. The van der Waals surface area contributed by atoms with E-state index >= 15 is 0 Å². The third-order valence-corrected chi connectivity index (χ3v) is 4.82. The molecule has 2 heterocycles. The van der Waals surface area contributed by atoms with E-state index in [0.29, 0.717) is 18.1 Å². The zero-order chi connectivity index (χ0) is 20.5. The molecule has 0 fully saturated rings. The second-order valence-electron chi connectivity index (χ2n) is 6.79. The van der Waals surface area contributed by atoms with Crippen molar-refractivity contribution in [2.24, 2.45) is 0 Å². The maximum Gasteiger partial charge on any atom is 0.329 e. The average Bonchev–Trinajstić information content (AvgIpc) is 3.18. The van der Waals surface area contributed by atoms with Gasteiger partial charge in [0.05, 0.1) is 22.4 Å². The second kappa shape index (κ2) is 7.38. The number of para-hydroxylation sites is 4. The number of nitrogens with one attached hydrogen (secondary N) is 1. The molecule has 0 spiro atoms. The lowest BCUT2D eigenvalue weighted by molar-refractivity contribution is -0.116. The highest BCUT2D eigenvalue weighted by Crippen LogP contribution is 2.21. The van der Waals surface area contributed by atoms with Gasteiger partial charge in [0.15, 0.2) is 0 Å². The van der Waals surface area contributed by atoms with Gasteiger partial charge in [0.2, 0.25) is 5.91 Å². The van der Waals surface area contributed by atoms with Gasteiger partial charge in [0.1, 0.15) is 18.2 Å². The first kappa shape index (κ1) is 18.7. The van der Waals surface area contributed by atoms with Crippen LogP contribution in [-0.2, 0) is 17.9 Å². The van der Waals surface area contributed by atoms with E-state index in [9.17, 15) is 9.59 Å². The van der Waals surface area contributed by atoms with Crippen LogP contribution in [-0.4, -0.2) is 29.8 Å². The van der Waals surface area contributed by atoms with E-state index in [1.54, 1.807) is 9.25 Å². The number of aryl methyl sites for hydroxylation is 3. The summed E-state index contributed by atoms with van der Waals surface area (Å²) >= 11 is 0. The highest BCUT2D eigenvalue weighted by molar-refractivity contribution is 5.93. The van der Waals surface area contributed by atoms with Crippen LogP contribution in [0.25, 0.3) is 16.7 Å². The van der Waals surface area contributed by atoms with E-state index in [0.717, 1.165) is 22.5 Å². The molecule has 4 rings (SSSR count). The number of imidazole rings is 1. The first-order chi connectivity index (χ1) is 14.0. The molecule has 1 amide bonds. The zero-order valence-electron chi connectivity index (χ0n) is 16.6. The van der Waals surface area contributed by atoms with Crippen LogP contribution >= 0.6 is 0 Å². The average molecular weight is 390 g/mol. The molecule has 148 valence electrons. The summed E-state index contributed by atoms with van der Waals surface area (Å²) in [7, 11) is 0.